The summed E-state index contributed by atoms with van der Waals surface area (Å²) in [5.41, 5.74) is 2.81. The number of hydrogen-bond acceptors (Lipinski definition) is 3. The lowest BCUT2D eigenvalue weighted by Gasteiger charge is -2.16. The predicted molar refractivity (Wildman–Crippen MR) is 112 cm³/mol. The number of aryl methyl sites for hydroxylation is 1. The molecule has 6 nitrogen and oxygen atoms in total. The summed E-state index contributed by atoms with van der Waals surface area (Å²) in [6.07, 6.45) is 8.36. The number of nitrogens with zero attached hydrogens (tertiary/aromatic N) is 1. The van der Waals surface area contributed by atoms with Crippen LogP contribution in [0.15, 0.2) is 46.3 Å². The van der Waals surface area contributed by atoms with Crippen molar-refractivity contribution >= 4 is 18.2 Å². The molecule has 0 radical (unpaired) electrons. The van der Waals surface area contributed by atoms with Gasteiger partial charge in [-0.1, -0.05) is 62.8 Å². The van der Waals surface area contributed by atoms with E-state index in [0.717, 1.165) is 11.3 Å². The van der Waals surface area contributed by atoms with Crippen molar-refractivity contribution in [3.05, 3.63) is 90.6 Å². The number of imidazole rings is 1. The van der Waals surface area contributed by atoms with Crippen LogP contribution in [0.4, 0.5) is 0 Å². The van der Waals surface area contributed by atoms with Crippen molar-refractivity contribution in [1.29, 1.82) is 0 Å². The summed E-state index contributed by atoms with van der Waals surface area (Å²) >= 11 is 0. The van der Waals surface area contributed by atoms with E-state index in [4.69, 9.17) is 0 Å². The molecule has 28 heavy (non-hydrogen) atoms. The molecular formula is C22H24N4O2. The summed E-state index contributed by atoms with van der Waals surface area (Å²) in [4.78, 5) is 37.4. The van der Waals surface area contributed by atoms with E-state index in [1.165, 1.54) is 5.56 Å². The Bertz CT molecular complexity index is 1230. The van der Waals surface area contributed by atoms with Gasteiger partial charge in [-0.2, -0.15) is 0 Å². The summed E-state index contributed by atoms with van der Waals surface area (Å²) in [7, 11) is 0. The molecule has 0 aliphatic rings. The maximum atomic E-state index is 12.4. The van der Waals surface area contributed by atoms with E-state index >= 15 is 0 Å². The van der Waals surface area contributed by atoms with E-state index in [1.54, 1.807) is 24.6 Å². The Morgan fingerprint density at radius 2 is 1.61 bits per heavy atom. The lowest BCUT2D eigenvalue weighted by atomic mass is 9.90. The molecule has 0 saturated heterocycles. The topological polar surface area (TPSA) is 94.4 Å². The molecule has 0 aliphatic heterocycles. The van der Waals surface area contributed by atoms with Gasteiger partial charge in [0.25, 0.3) is 11.1 Å². The van der Waals surface area contributed by atoms with Crippen LogP contribution in [0, 0.1) is 6.92 Å². The van der Waals surface area contributed by atoms with Crippen LogP contribution in [0.3, 0.4) is 0 Å². The van der Waals surface area contributed by atoms with E-state index in [2.05, 4.69) is 19.9 Å². The van der Waals surface area contributed by atoms with E-state index in [-0.39, 0.29) is 27.2 Å². The van der Waals surface area contributed by atoms with Gasteiger partial charge < -0.3 is 15.0 Å². The van der Waals surface area contributed by atoms with Crippen LogP contribution in [0.1, 0.15) is 43.3 Å². The minimum Gasteiger partial charge on any atom is -0.348 e. The number of nitrogens with one attached hydrogen (secondary N) is 3. The fourth-order valence-electron chi connectivity index (χ4n) is 2.80. The lowest BCUT2D eigenvalue weighted by molar-refractivity contribution is 0.571. The highest BCUT2D eigenvalue weighted by Crippen LogP contribution is 2.22. The highest BCUT2D eigenvalue weighted by atomic mass is 16.1. The Labute approximate surface area is 162 Å². The highest BCUT2D eigenvalue weighted by Gasteiger charge is 2.19. The van der Waals surface area contributed by atoms with Crippen molar-refractivity contribution in [3.8, 4) is 0 Å². The number of aromatic amines is 3. The minimum atomic E-state index is -0.377. The van der Waals surface area contributed by atoms with Gasteiger partial charge in [-0.3, -0.25) is 9.59 Å². The van der Waals surface area contributed by atoms with Gasteiger partial charge in [-0.15, -0.1) is 0 Å². The summed E-state index contributed by atoms with van der Waals surface area (Å²) in [5.74, 6) is 0. The average Bonchev–Trinajstić information content (AvgIpc) is 3.09. The third-order valence-corrected chi connectivity index (χ3v) is 4.31. The standard InChI is InChI=1S/C22H24N4O2/c1-14-8-10-15(11-9-14)6-5-7-16-20(27)26-18(21(28)25-16)12-17-19(22(2,3)4)24-13-23-17/h5-13H,1-4H3,(H,23,24)(H,25,28)(H,26,27)/b6-5+,16-7-,18-12-. The fourth-order valence-corrected chi connectivity index (χ4v) is 2.80. The second kappa shape index (κ2) is 7.68. The summed E-state index contributed by atoms with van der Waals surface area (Å²) in [6, 6.07) is 8.00. The minimum absolute atomic E-state index is 0.163. The molecule has 2 heterocycles. The van der Waals surface area contributed by atoms with Crippen molar-refractivity contribution in [2.75, 3.05) is 0 Å². The molecule has 1 aromatic carbocycles. The summed E-state index contributed by atoms with van der Waals surface area (Å²) in [5, 5.41) is 0.367. The van der Waals surface area contributed by atoms with Crippen LogP contribution >= 0.6 is 0 Å². The van der Waals surface area contributed by atoms with Gasteiger partial charge in [0.2, 0.25) is 0 Å². The molecule has 0 unspecified atom stereocenters. The summed E-state index contributed by atoms with van der Waals surface area (Å²) < 4.78 is 0. The molecule has 0 bridgehead atoms. The van der Waals surface area contributed by atoms with Crippen molar-refractivity contribution in [1.82, 2.24) is 19.9 Å². The Kier molecular flexibility index (Phi) is 5.31. The number of allylic oxidation sites excluding steroid dienone is 1. The molecular weight excluding hydrogens is 352 g/mol. The van der Waals surface area contributed by atoms with Crippen LogP contribution in [-0.4, -0.2) is 19.9 Å². The van der Waals surface area contributed by atoms with Crippen LogP contribution in [-0.2, 0) is 5.41 Å². The SMILES string of the molecule is Cc1ccc(/C=C/C=c2\[nH]c(=O)/c(=C/c3nc[nH]c3C(C)(C)C)[nH]c2=O)cc1. The first-order chi connectivity index (χ1) is 13.2. The molecule has 6 heteroatoms. The Balaban J connectivity index is 1.98. The summed E-state index contributed by atoms with van der Waals surface area (Å²) in [6.45, 7) is 8.16. The first-order valence-corrected chi connectivity index (χ1v) is 9.07. The molecule has 0 spiro atoms. The number of hydrogen-bond donors (Lipinski definition) is 3. The van der Waals surface area contributed by atoms with Crippen molar-refractivity contribution in [3.63, 3.8) is 0 Å². The largest absolute Gasteiger partial charge is 0.348 e. The van der Waals surface area contributed by atoms with E-state index < -0.39 is 0 Å². The smallest absolute Gasteiger partial charge is 0.272 e. The van der Waals surface area contributed by atoms with Gasteiger partial charge in [0, 0.05) is 11.1 Å². The lowest BCUT2D eigenvalue weighted by Crippen LogP contribution is -2.46. The third-order valence-electron chi connectivity index (χ3n) is 4.31. The van der Waals surface area contributed by atoms with Crippen molar-refractivity contribution in [2.45, 2.75) is 33.1 Å². The second-order valence-electron chi connectivity index (χ2n) is 7.73. The maximum absolute atomic E-state index is 12.4. The molecule has 3 aromatic rings. The number of benzene rings is 1. The first-order valence-electron chi connectivity index (χ1n) is 9.07. The maximum Gasteiger partial charge on any atom is 0.272 e. The molecule has 3 N–H and O–H groups in total. The Morgan fingerprint density at radius 1 is 0.964 bits per heavy atom. The molecule has 144 valence electrons. The zero-order chi connectivity index (χ0) is 20.3. The second-order valence-corrected chi connectivity index (χ2v) is 7.73. The van der Waals surface area contributed by atoms with E-state index in [9.17, 15) is 9.59 Å². The molecule has 0 amide bonds. The average molecular weight is 376 g/mol. The fraction of sp³-hybridized carbons (Fsp3) is 0.227. The number of rotatable bonds is 3. The zero-order valence-corrected chi connectivity index (χ0v) is 16.5. The quantitative estimate of drug-likeness (QED) is 0.650. The van der Waals surface area contributed by atoms with Crippen LogP contribution in [0.5, 0.6) is 0 Å². The highest BCUT2D eigenvalue weighted by molar-refractivity contribution is 5.57. The third kappa shape index (κ3) is 4.46. The Hall–Kier alpha value is -3.41. The monoisotopic (exact) mass is 376 g/mol. The van der Waals surface area contributed by atoms with Gasteiger partial charge in [0.15, 0.2) is 0 Å². The predicted octanol–water partition coefficient (Wildman–Crippen LogP) is 1.71. The van der Waals surface area contributed by atoms with Gasteiger partial charge in [-0.25, -0.2) is 4.98 Å². The first kappa shape index (κ1) is 19.4. The van der Waals surface area contributed by atoms with Crippen LogP contribution < -0.4 is 21.8 Å². The van der Waals surface area contributed by atoms with Crippen molar-refractivity contribution < 1.29 is 0 Å². The molecule has 0 fully saturated rings. The molecule has 0 atom stereocenters. The van der Waals surface area contributed by atoms with Gasteiger partial charge in [0.05, 0.1) is 12.0 Å². The van der Waals surface area contributed by atoms with Gasteiger partial charge >= 0.3 is 0 Å². The molecule has 0 aliphatic carbocycles. The van der Waals surface area contributed by atoms with Crippen LogP contribution in [0.25, 0.3) is 18.2 Å². The van der Waals surface area contributed by atoms with Crippen molar-refractivity contribution in [2.24, 2.45) is 0 Å². The Morgan fingerprint density at radius 3 is 2.29 bits per heavy atom. The molecule has 2 aromatic heterocycles. The van der Waals surface area contributed by atoms with Gasteiger partial charge in [-0.05, 0) is 24.6 Å². The van der Waals surface area contributed by atoms with E-state index in [0.29, 0.717) is 5.69 Å². The normalized spacial score (nSPS) is 13.6. The number of aromatic nitrogens is 4. The van der Waals surface area contributed by atoms with Crippen LogP contribution in [0.2, 0.25) is 0 Å². The van der Waals surface area contributed by atoms with E-state index in [1.807, 2.05) is 58.0 Å². The zero-order valence-electron chi connectivity index (χ0n) is 16.5. The number of H-pyrrole nitrogens is 3. The van der Waals surface area contributed by atoms with Gasteiger partial charge in [0.1, 0.15) is 10.7 Å². The molecule has 3 rings (SSSR count). The molecule has 0 saturated carbocycles.